The first-order valence-corrected chi connectivity index (χ1v) is 33.5. The van der Waals surface area contributed by atoms with Crippen molar-refractivity contribution in [2.75, 3.05) is 47.5 Å². The molecule has 9 heteroatoms. The fourth-order valence-electron chi connectivity index (χ4n) is 9.69. The van der Waals surface area contributed by atoms with E-state index in [2.05, 4.69) is 74.6 Å². The lowest BCUT2D eigenvalue weighted by Gasteiger charge is -2.25. The van der Waals surface area contributed by atoms with Gasteiger partial charge >= 0.3 is 17.9 Å². The molecule has 0 rings (SSSR count). The second kappa shape index (κ2) is 61.1. The first-order valence-electron chi connectivity index (χ1n) is 33.5. The van der Waals surface area contributed by atoms with Crippen molar-refractivity contribution < 1.29 is 42.9 Å². The van der Waals surface area contributed by atoms with Crippen LogP contribution >= 0.6 is 0 Å². The lowest BCUT2D eigenvalue weighted by molar-refractivity contribution is -0.870. The maximum Gasteiger partial charge on any atom is 0.361 e. The molecular weight excluding hydrogens is 983 g/mol. The van der Waals surface area contributed by atoms with Gasteiger partial charge in [-0.25, -0.2) is 4.79 Å². The minimum absolute atomic E-state index is 0.180. The molecule has 0 heterocycles. The lowest BCUT2D eigenvalue weighted by Crippen LogP contribution is -2.40. The smallest absolute Gasteiger partial charge is 0.361 e. The number of carbonyl (C=O) groups is 3. The Kier molecular flexibility index (Phi) is 58.7. The van der Waals surface area contributed by atoms with Crippen LogP contribution in [0.4, 0.5) is 0 Å². The molecule has 0 saturated heterocycles. The number of rotatable bonds is 62. The van der Waals surface area contributed by atoms with Gasteiger partial charge in [0, 0.05) is 12.8 Å². The van der Waals surface area contributed by atoms with Crippen molar-refractivity contribution in [3.05, 3.63) is 60.8 Å². The van der Waals surface area contributed by atoms with E-state index in [1.807, 2.05) is 21.1 Å². The van der Waals surface area contributed by atoms with Crippen LogP contribution in [0.5, 0.6) is 0 Å². The van der Waals surface area contributed by atoms with Gasteiger partial charge in [0.1, 0.15) is 13.2 Å². The quantitative estimate of drug-likeness (QED) is 0.0211. The van der Waals surface area contributed by atoms with Crippen molar-refractivity contribution in [2.24, 2.45) is 0 Å². The third-order valence-electron chi connectivity index (χ3n) is 14.8. The molecular formula is C70H128NO8+. The maximum absolute atomic E-state index is 12.9. The zero-order valence-corrected chi connectivity index (χ0v) is 52.5. The number of unbranched alkanes of at least 4 members (excludes halogenated alkanes) is 37. The monoisotopic (exact) mass is 1110 g/mol. The van der Waals surface area contributed by atoms with Crippen LogP contribution in [0, 0.1) is 0 Å². The SMILES string of the molecule is CC/C=C\C/C=C\C/C=C\C/C=C\C/C=C\CCCCCCCCCCCCCCCC(=O)OC(COC(=O)CCCCCCCCCCCCCCCCCCCCCCCCCCC)COC(OCC[N+](C)(C)C)C(=O)O. The molecule has 0 aromatic rings. The topological polar surface area (TPSA) is 108 Å². The highest BCUT2D eigenvalue weighted by Gasteiger charge is 2.25. The predicted octanol–water partition coefficient (Wildman–Crippen LogP) is 20.4. The molecule has 0 aromatic heterocycles. The van der Waals surface area contributed by atoms with E-state index in [-0.39, 0.29) is 32.2 Å². The summed E-state index contributed by atoms with van der Waals surface area (Å²) in [5.74, 6) is -1.99. The average Bonchev–Trinajstić information content (AvgIpc) is 3.42. The Morgan fingerprint density at radius 1 is 0.392 bits per heavy atom. The van der Waals surface area contributed by atoms with Gasteiger partial charge in [-0.3, -0.25) is 9.59 Å². The van der Waals surface area contributed by atoms with Gasteiger partial charge in [-0.05, 0) is 57.8 Å². The van der Waals surface area contributed by atoms with Gasteiger partial charge in [0.25, 0.3) is 6.29 Å². The van der Waals surface area contributed by atoms with Crippen LogP contribution in [0.2, 0.25) is 0 Å². The molecule has 79 heavy (non-hydrogen) atoms. The van der Waals surface area contributed by atoms with E-state index in [9.17, 15) is 19.5 Å². The molecule has 0 fully saturated rings. The summed E-state index contributed by atoms with van der Waals surface area (Å²) in [6, 6.07) is 0. The Morgan fingerprint density at radius 3 is 1.08 bits per heavy atom. The van der Waals surface area contributed by atoms with Gasteiger partial charge < -0.3 is 28.5 Å². The summed E-state index contributed by atoms with van der Waals surface area (Å²) in [6.07, 6.45) is 76.1. The normalized spacial score (nSPS) is 13.1. The molecule has 0 bridgehead atoms. The summed E-state index contributed by atoms with van der Waals surface area (Å²) >= 11 is 0. The summed E-state index contributed by atoms with van der Waals surface area (Å²) in [4.78, 5) is 37.6. The molecule has 460 valence electrons. The second-order valence-corrected chi connectivity index (χ2v) is 23.8. The molecule has 0 aliphatic heterocycles. The van der Waals surface area contributed by atoms with E-state index in [0.29, 0.717) is 17.4 Å². The summed E-state index contributed by atoms with van der Waals surface area (Å²) in [5, 5.41) is 9.74. The molecule has 1 N–H and O–H groups in total. The molecule has 2 unspecified atom stereocenters. The molecule has 0 aromatic carbocycles. The van der Waals surface area contributed by atoms with Crippen molar-refractivity contribution >= 4 is 17.9 Å². The van der Waals surface area contributed by atoms with Crippen molar-refractivity contribution in [1.29, 1.82) is 0 Å². The Labute approximate surface area is 488 Å². The number of quaternary nitrogens is 1. The fourth-order valence-corrected chi connectivity index (χ4v) is 9.69. The molecule has 0 aliphatic carbocycles. The maximum atomic E-state index is 12.9. The number of aliphatic carboxylic acids is 1. The van der Waals surface area contributed by atoms with Crippen LogP contribution < -0.4 is 0 Å². The average molecular weight is 1110 g/mol. The lowest BCUT2D eigenvalue weighted by atomic mass is 10.0. The van der Waals surface area contributed by atoms with Gasteiger partial charge in [0.05, 0.1) is 34.4 Å². The van der Waals surface area contributed by atoms with Crippen LogP contribution in [-0.2, 0) is 33.3 Å². The number of ether oxygens (including phenoxy) is 4. The Morgan fingerprint density at radius 2 is 0.722 bits per heavy atom. The number of carbonyl (C=O) groups excluding carboxylic acids is 2. The van der Waals surface area contributed by atoms with E-state index in [1.54, 1.807) is 0 Å². The van der Waals surface area contributed by atoms with Crippen molar-refractivity contribution in [2.45, 2.75) is 322 Å². The number of esters is 2. The van der Waals surface area contributed by atoms with E-state index in [1.165, 1.54) is 212 Å². The van der Waals surface area contributed by atoms with Crippen molar-refractivity contribution in [3.8, 4) is 0 Å². The van der Waals surface area contributed by atoms with Crippen LogP contribution in [0.15, 0.2) is 60.8 Å². The first-order chi connectivity index (χ1) is 38.6. The Balaban J connectivity index is 4.13. The number of carboxylic acid groups (broad SMARTS) is 1. The van der Waals surface area contributed by atoms with Crippen LogP contribution in [-0.4, -0.2) is 87.4 Å². The second-order valence-electron chi connectivity index (χ2n) is 23.8. The number of allylic oxidation sites excluding steroid dienone is 10. The fraction of sp³-hybridized carbons (Fsp3) is 0.814. The van der Waals surface area contributed by atoms with E-state index in [0.717, 1.165) is 70.6 Å². The van der Waals surface area contributed by atoms with Crippen LogP contribution in [0.25, 0.3) is 0 Å². The zero-order chi connectivity index (χ0) is 57.6. The van der Waals surface area contributed by atoms with Crippen molar-refractivity contribution in [3.63, 3.8) is 0 Å². The van der Waals surface area contributed by atoms with E-state index >= 15 is 0 Å². The summed E-state index contributed by atoms with van der Waals surface area (Å²) < 4.78 is 23.0. The summed E-state index contributed by atoms with van der Waals surface area (Å²) in [5.41, 5.74) is 0. The van der Waals surface area contributed by atoms with Gasteiger partial charge in [-0.1, -0.05) is 299 Å². The molecule has 0 radical (unpaired) electrons. The number of hydrogen-bond acceptors (Lipinski definition) is 7. The zero-order valence-electron chi connectivity index (χ0n) is 52.5. The highest BCUT2D eigenvalue weighted by molar-refractivity contribution is 5.71. The van der Waals surface area contributed by atoms with Crippen LogP contribution in [0.1, 0.15) is 309 Å². The summed E-state index contributed by atoms with van der Waals surface area (Å²) in [6.45, 7) is 4.81. The third kappa shape index (κ3) is 62.4. The Hall–Kier alpha value is -3.01. The molecule has 0 spiro atoms. The standard InChI is InChI=1S/C70H127NO8/c1-6-8-10-12-14-16-18-20-22-24-26-28-30-32-33-34-35-37-39-41-43-45-47-49-51-53-55-57-59-61-68(73)79-66(65-78-70(69(74)75)76-63-62-71(3,4)5)64-77-67(72)60-58-56-54-52-50-48-46-44-42-40-38-36-31-29-27-25-23-21-19-17-15-13-11-9-7-2/h8,10,14,16,20,22,26,28,32-33,66,70H,6-7,9,11-13,15,17-19,21,23-25,27,29-31,34-65H2,1-5H3/p+1/b10-8-,16-14-,22-20-,28-26-,33-32-. The molecule has 2 atom stereocenters. The van der Waals surface area contributed by atoms with E-state index in [4.69, 9.17) is 18.9 Å². The molecule has 9 nitrogen and oxygen atoms in total. The van der Waals surface area contributed by atoms with Gasteiger partial charge in [0.15, 0.2) is 6.10 Å². The largest absolute Gasteiger partial charge is 0.477 e. The molecule has 0 aliphatic rings. The first kappa shape index (κ1) is 76.0. The highest BCUT2D eigenvalue weighted by Crippen LogP contribution is 2.18. The minimum atomic E-state index is -1.51. The van der Waals surface area contributed by atoms with Gasteiger partial charge in [-0.2, -0.15) is 0 Å². The number of hydrogen-bond donors (Lipinski definition) is 1. The molecule has 0 saturated carbocycles. The third-order valence-corrected chi connectivity index (χ3v) is 14.8. The highest BCUT2D eigenvalue weighted by atomic mass is 16.7. The van der Waals surface area contributed by atoms with Crippen LogP contribution in [0.3, 0.4) is 0 Å². The van der Waals surface area contributed by atoms with Gasteiger partial charge in [0.2, 0.25) is 0 Å². The van der Waals surface area contributed by atoms with Gasteiger partial charge in [-0.15, -0.1) is 0 Å². The molecule has 0 amide bonds. The number of nitrogens with zero attached hydrogens (tertiary/aromatic N) is 1. The number of carboxylic acids is 1. The van der Waals surface area contributed by atoms with Crippen molar-refractivity contribution in [1.82, 2.24) is 0 Å². The predicted molar refractivity (Wildman–Crippen MR) is 336 cm³/mol. The summed E-state index contributed by atoms with van der Waals surface area (Å²) in [7, 11) is 5.98. The Bertz CT molecular complexity index is 1480. The number of likely N-dealkylation sites (N-methyl/N-ethyl adjacent to an activating group) is 1. The van der Waals surface area contributed by atoms with E-state index < -0.39 is 24.3 Å². The minimum Gasteiger partial charge on any atom is -0.477 e.